The summed E-state index contributed by atoms with van der Waals surface area (Å²) in [5, 5.41) is 17.5. The summed E-state index contributed by atoms with van der Waals surface area (Å²) in [5.74, 6) is 0.158. The number of benzene rings is 5. The van der Waals surface area contributed by atoms with Crippen LogP contribution in [0.25, 0.3) is 21.9 Å². The molecule has 0 aliphatic rings. The quantitative estimate of drug-likeness (QED) is 0.193. The minimum atomic E-state index is -1.11. The maximum absolute atomic E-state index is 13.0. The molecule has 3 N–H and O–H groups in total. The number of hydrogen-bond donors (Lipinski definition) is 3. The molecule has 0 bridgehead atoms. The molecule has 0 fully saturated rings. The van der Waals surface area contributed by atoms with Crippen LogP contribution < -0.4 is 20.1 Å². The fourth-order valence-electron chi connectivity index (χ4n) is 4.19. The standard InChI is InChI=1S/C31H23ClN2O5/c1-38-27-15-13-20(17-23(27)30(35)36)21-14-16-29(39-28-12-6-8-19-7-2-3-9-22(19)28)26(18-21)34-31(37)33-25-11-5-4-10-24(25)32/h2-18H,1H3,(H,35,36)(H2,33,34,37). The molecule has 0 spiro atoms. The molecule has 39 heavy (non-hydrogen) atoms. The molecule has 0 aliphatic carbocycles. The van der Waals surface area contributed by atoms with Gasteiger partial charge in [-0.3, -0.25) is 0 Å². The van der Waals surface area contributed by atoms with Crippen molar-refractivity contribution in [2.75, 3.05) is 17.7 Å². The van der Waals surface area contributed by atoms with Crippen molar-refractivity contribution in [3.63, 3.8) is 0 Å². The number of methoxy groups -OCH3 is 1. The number of aromatic carboxylic acids is 1. The zero-order chi connectivity index (χ0) is 27.4. The van der Waals surface area contributed by atoms with Crippen LogP contribution in [0.4, 0.5) is 16.2 Å². The van der Waals surface area contributed by atoms with Crippen molar-refractivity contribution in [2.45, 2.75) is 0 Å². The first-order chi connectivity index (χ1) is 18.9. The topological polar surface area (TPSA) is 96.9 Å². The number of nitrogens with one attached hydrogen (secondary N) is 2. The molecule has 0 saturated carbocycles. The summed E-state index contributed by atoms with van der Waals surface area (Å²) in [6.45, 7) is 0. The fourth-order valence-corrected chi connectivity index (χ4v) is 4.38. The average molecular weight is 539 g/mol. The minimum Gasteiger partial charge on any atom is -0.496 e. The summed E-state index contributed by atoms with van der Waals surface area (Å²) in [7, 11) is 1.42. The molecule has 8 heteroatoms. The van der Waals surface area contributed by atoms with Crippen molar-refractivity contribution in [1.82, 2.24) is 0 Å². The third kappa shape index (κ3) is 5.63. The number of hydrogen-bond acceptors (Lipinski definition) is 4. The Labute approximate surface area is 229 Å². The smallest absolute Gasteiger partial charge is 0.339 e. The van der Waals surface area contributed by atoms with Crippen molar-refractivity contribution in [3.05, 3.63) is 114 Å². The van der Waals surface area contributed by atoms with Crippen LogP contribution in [-0.4, -0.2) is 24.2 Å². The number of para-hydroxylation sites is 1. The number of carbonyl (C=O) groups excluding carboxylic acids is 1. The van der Waals surface area contributed by atoms with Crippen molar-refractivity contribution in [3.8, 4) is 28.4 Å². The second-order valence-corrected chi connectivity index (χ2v) is 8.98. The van der Waals surface area contributed by atoms with Gasteiger partial charge >= 0.3 is 12.0 Å². The number of urea groups is 1. The van der Waals surface area contributed by atoms with E-state index in [2.05, 4.69) is 10.6 Å². The van der Waals surface area contributed by atoms with Gasteiger partial charge in [0.05, 0.1) is 23.5 Å². The lowest BCUT2D eigenvalue weighted by Crippen LogP contribution is -2.20. The SMILES string of the molecule is COc1ccc(-c2ccc(Oc3cccc4ccccc34)c(NC(=O)Nc3ccccc3Cl)c2)cc1C(=O)O. The van der Waals surface area contributed by atoms with Crippen LogP contribution in [0.15, 0.2) is 103 Å². The molecular formula is C31H23ClN2O5. The highest BCUT2D eigenvalue weighted by molar-refractivity contribution is 6.33. The third-order valence-corrected chi connectivity index (χ3v) is 6.41. The Balaban J connectivity index is 1.54. The third-order valence-electron chi connectivity index (χ3n) is 6.08. The maximum Gasteiger partial charge on any atom is 0.339 e. The first-order valence-electron chi connectivity index (χ1n) is 12.0. The summed E-state index contributed by atoms with van der Waals surface area (Å²) < 4.78 is 11.5. The molecule has 5 aromatic carbocycles. The fraction of sp³-hybridized carbons (Fsp3) is 0.0323. The van der Waals surface area contributed by atoms with Gasteiger partial charge in [0, 0.05) is 5.39 Å². The Morgan fingerprint density at radius 1 is 0.718 bits per heavy atom. The van der Waals surface area contributed by atoms with Crippen LogP contribution in [0.3, 0.4) is 0 Å². The lowest BCUT2D eigenvalue weighted by atomic mass is 10.0. The van der Waals surface area contributed by atoms with Gasteiger partial charge < -0.3 is 25.2 Å². The predicted octanol–water partition coefficient (Wildman–Crippen LogP) is 8.30. The van der Waals surface area contributed by atoms with Crippen molar-refractivity contribution in [2.24, 2.45) is 0 Å². The summed E-state index contributed by atoms with van der Waals surface area (Å²) >= 11 is 6.21. The second-order valence-electron chi connectivity index (χ2n) is 8.57. The molecule has 0 aromatic heterocycles. The van der Waals surface area contributed by atoms with Crippen molar-refractivity contribution < 1.29 is 24.2 Å². The number of rotatable bonds is 7. The summed E-state index contributed by atoms with van der Waals surface area (Å²) in [6, 6.07) is 30.1. The Morgan fingerprint density at radius 2 is 1.38 bits per heavy atom. The molecule has 5 aromatic rings. The first kappa shape index (κ1) is 25.6. The molecule has 194 valence electrons. The van der Waals surface area contributed by atoms with E-state index in [0.717, 1.165) is 10.8 Å². The van der Waals surface area contributed by atoms with Crippen molar-refractivity contribution >= 4 is 45.7 Å². The highest BCUT2D eigenvalue weighted by atomic mass is 35.5. The molecule has 5 rings (SSSR count). The first-order valence-corrected chi connectivity index (χ1v) is 12.3. The largest absolute Gasteiger partial charge is 0.496 e. The lowest BCUT2D eigenvalue weighted by molar-refractivity contribution is 0.0693. The second kappa shape index (κ2) is 11.2. The summed E-state index contributed by atoms with van der Waals surface area (Å²) in [5.41, 5.74) is 2.14. The molecule has 0 atom stereocenters. The Hall–Kier alpha value is -5.01. The van der Waals surface area contributed by atoms with Gasteiger partial charge in [0.2, 0.25) is 0 Å². The van der Waals surface area contributed by atoms with Gasteiger partial charge in [-0.15, -0.1) is 0 Å². The van der Waals surface area contributed by atoms with Crippen LogP contribution in [0.1, 0.15) is 10.4 Å². The minimum absolute atomic E-state index is 0.0250. The van der Waals surface area contributed by atoms with E-state index < -0.39 is 12.0 Å². The summed E-state index contributed by atoms with van der Waals surface area (Å²) in [6.07, 6.45) is 0. The van der Waals surface area contributed by atoms with E-state index in [1.54, 1.807) is 54.6 Å². The van der Waals surface area contributed by atoms with Gasteiger partial charge in [-0.05, 0) is 59.0 Å². The van der Waals surface area contributed by atoms with E-state index in [9.17, 15) is 14.7 Å². The van der Waals surface area contributed by atoms with Gasteiger partial charge in [0.1, 0.15) is 17.1 Å². The van der Waals surface area contributed by atoms with Crippen molar-refractivity contribution in [1.29, 1.82) is 0 Å². The zero-order valence-electron chi connectivity index (χ0n) is 20.8. The number of amides is 2. The summed E-state index contributed by atoms with van der Waals surface area (Å²) in [4.78, 5) is 24.8. The van der Waals surface area contributed by atoms with Crippen LogP contribution in [-0.2, 0) is 0 Å². The molecular weight excluding hydrogens is 516 g/mol. The van der Waals surface area contributed by atoms with E-state index in [4.69, 9.17) is 21.1 Å². The number of carboxylic acids is 1. The van der Waals surface area contributed by atoms with E-state index in [0.29, 0.717) is 39.0 Å². The van der Waals surface area contributed by atoms with Gasteiger partial charge in [0.15, 0.2) is 5.75 Å². The maximum atomic E-state index is 13.0. The molecule has 2 amide bonds. The van der Waals surface area contributed by atoms with E-state index in [1.807, 2.05) is 42.5 Å². The Bertz CT molecular complexity index is 1700. The molecule has 0 aliphatic heterocycles. The van der Waals surface area contributed by atoms with Gasteiger partial charge in [0.25, 0.3) is 0 Å². The van der Waals surface area contributed by atoms with E-state index in [1.165, 1.54) is 13.2 Å². The van der Waals surface area contributed by atoms with E-state index >= 15 is 0 Å². The highest BCUT2D eigenvalue weighted by Crippen LogP contribution is 2.37. The Morgan fingerprint density at radius 3 is 2.15 bits per heavy atom. The molecule has 0 heterocycles. The number of carboxylic acid groups (broad SMARTS) is 1. The van der Waals surface area contributed by atoms with Gasteiger partial charge in [-0.1, -0.05) is 72.3 Å². The van der Waals surface area contributed by atoms with Crippen LogP contribution >= 0.6 is 11.6 Å². The lowest BCUT2D eigenvalue weighted by Gasteiger charge is -2.16. The number of carbonyl (C=O) groups is 2. The van der Waals surface area contributed by atoms with Crippen LogP contribution in [0.5, 0.6) is 17.2 Å². The Kier molecular flexibility index (Phi) is 7.34. The average Bonchev–Trinajstić information content (AvgIpc) is 2.95. The number of anilines is 2. The zero-order valence-corrected chi connectivity index (χ0v) is 21.5. The van der Waals surface area contributed by atoms with Crippen LogP contribution in [0.2, 0.25) is 5.02 Å². The highest BCUT2D eigenvalue weighted by Gasteiger charge is 2.16. The molecule has 0 saturated heterocycles. The number of fused-ring (bicyclic) bond motifs is 1. The normalized spacial score (nSPS) is 10.6. The number of ether oxygens (including phenoxy) is 2. The molecule has 0 radical (unpaired) electrons. The van der Waals surface area contributed by atoms with E-state index in [-0.39, 0.29) is 11.3 Å². The van der Waals surface area contributed by atoms with Crippen LogP contribution in [0, 0.1) is 0 Å². The predicted molar refractivity (Wildman–Crippen MR) is 154 cm³/mol. The van der Waals surface area contributed by atoms with Gasteiger partial charge in [-0.2, -0.15) is 0 Å². The number of halogens is 1. The molecule has 7 nitrogen and oxygen atoms in total. The van der Waals surface area contributed by atoms with Gasteiger partial charge in [-0.25, -0.2) is 9.59 Å². The molecule has 0 unspecified atom stereocenters. The monoisotopic (exact) mass is 538 g/mol.